The molecule has 96 valence electrons. The van der Waals surface area contributed by atoms with E-state index in [9.17, 15) is 4.89 Å². The molecule has 0 aliphatic rings. The van der Waals surface area contributed by atoms with Gasteiger partial charge in [0.2, 0.25) is 0 Å². The monoisotopic (exact) mass is 322 g/mol. The molecule has 1 unspecified atom stereocenters. The van der Waals surface area contributed by atoms with Crippen LogP contribution in [0.5, 0.6) is 11.5 Å². The van der Waals surface area contributed by atoms with Crippen molar-refractivity contribution in [3.05, 3.63) is 22.2 Å². The molecule has 1 atom stereocenters. The maximum absolute atomic E-state index is 9.69. The zero-order valence-electron chi connectivity index (χ0n) is 10.1. The molecule has 1 N–H and O–H groups in total. The van der Waals surface area contributed by atoms with Crippen molar-refractivity contribution in [3.63, 3.8) is 0 Å². The summed E-state index contributed by atoms with van der Waals surface area (Å²) < 4.78 is 16.4. The van der Waals surface area contributed by atoms with Crippen LogP contribution in [0.4, 0.5) is 0 Å². The first kappa shape index (κ1) is 14.7. The average Bonchev–Trinajstić information content (AvgIpc) is 2.32. The number of hydrogen-bond acceptors (Lipinski definition) is 4. The molecule has 0 aromatic heterocycles. The van der Waals surface area contributed by atoms with Crippen LogP contribution in [0.2, 0.25) is 0 Å². The minimum absolute atomic E-state index is 0.442. The van der Waals surface area contributed by atoms with E-state index in [-0.39, 0.29) is 0 Å². The van der Waals surface area contributed by atoms with Crippen LogP contribution in [0.1, 0.15) is 12.5 Å². The van der Waals surface area contributed by atoms with Crippen LogP contribution < -0.4 is 9.47 Å². The van der Waals surface area contributed by atoms with Crippen molar-refractivity contribution in [2.45, 2.75) is 13.1 Å². The van der Waals surface area contributed by atoms with Gasteiger partial charge in [-0.05, 0) is 34.5 Å². The first-order valence-corrected chi connectivity index (χ1v) is 7.31. The predicted molar refractivity (Wildman–Crippen MR) is 71.7 cm³/mol. The minimum Gasteiger partial charge on any atom is -0.497 e. The lowest BCUT2D eigenvalue weighted by molar-refractivity contribution is 0.328. The summed E-state index contributed by atoms with van der Waals surface area (Å²) in [5, 5.41) is 0. The van der Waals surface area contributed by atoms with Crippen LogP contribution in [0.15, 0.2) is 16.6 Å². The molecule has 0 fully saturated rings. The van der Waals surface area contributed by atoms with Crippen LogP contribution in [-0.2, 0) is 10.7 Å². The molecule has 0 saturated carbocycles. The van der Waals surface area contributed by atoms with E-state index in [0.717, 1.165) is 10.0 Å². The number of methoxy groups -OCH3 is 2. The number of halogens is 1. The van der Waals surface area contributed by atoms with Crippen LogP contribution >= 0.6 is 24.3 Å². The number of ether oxygens (including phenoxy) is 2. The lowest BCUT2D eigenvalue weighted by atomic mass is 10.2. The Labute approximate surface area is 111 Å². The fourth-order valence-electron chi connectivity index (χ4n) is 1.35. The summed E-state index contributed by atoms with van der Waals surface area (Å²) in [6, 6.07) is 3.64. The van der Waals surface area contributed by atoms with E-state index in [0.29, 0.717) is 24.3 Å². The Morgan fingerprint density at radius 3 is 2.53 bits per heavy atom. The molecule has 0 aliphatic carbocycles. The summed E-state index contributed by atoms with van der Waals surface area (Å²) in [5.74, 6) is 1.37. The van der Waals surface area contributed by atoms with E-state index in [1.807, 2.05) is 13.0 Å². The Hall–Kier alpha value is -0.350. The van der Waals surface area contributed by atoms with Gasteiger partial charge in [-0.2, -0.15) is 0 Å². The van der Waals surface area contributed by atoms with E-state index in [1.165, 1.54) is 0 Å². The number of hydrogen-bond donors (Lipinski definition) is 1. The molecule has 1 aromatic rings. The van der Waals surface area contributed by atoms with Gasteiger partial charge in [-0.25, -0.2) is 0 Å². The first-order valence-electron chi connectivity index (χ1n) is 5.12. The number of rotatable bonds is 6. The first-order chi connectivity index (χ1) is 8.12. The zero-order valence-corrected chi connectivity index (χ0v) is 12.5. The molecule has 1 aromatic carbocycles. The molecule has 6 heteroatoms. The highest BCUT2D eigenvalue weighted by Gasteiger charge is 2.14. The molecule has 17 heavy (non-hydrogen) atoms. The normalized spacial score (nSPS) is 12.3. The Bertz CT molecular complexity index is 373. The van der Waals surface area contributed by atoms with Crippen molar-refractivity contribution in [2.75, 3.05) is 20.8 Å². The van der Waals surface area contributed by atoms with E-state index in [2.05, 4.69) is 15.9 Å². The highest BCUT2D eigenvalue weighted by Crippen LogP contribution is 2.42. The van der Waals surface area contributed by atoms with Gasteiger partial charge in [0.15, 0.2) is 8.38 Å². The zero-order chi connectivity index (χ0) is 12.8. The van der Waals surface area contributed by atoms with Gasteiger partial charge < -0.3 is 18.9 Å². The second-order valence-electron chi connectivity index (χ2n) is 3.23. The smallest absolute Gasteiger partial charge is 0.172 e. The van der Waals surface area contributed by atoms with Gasteiger partial charge in [-0.15, -0.1) is 0 Å². The van der Waals surface area contributed by atoms with Gasteiger partial charge in [-0.1, -0.05) is 0 Å². The summed E-state index contributed by atoms with van der Waals surface area (Å²) in [6.45, 7) is 2.35. The van der Waals surface area contributed by atoms with Crippen molar-refractivity contribution in [3.8, 4) is 11.5 Å². The molecule has 0 amide bonds. The maximum Gasteiger partial charge on any atom is 0.172 e. The van der Waals surface area contributed by atoms with Crippen LogP contribution in [0, 0.1) is 0 Å². The van der Waals surface area contributed by atoms with Gasteiger partial charge in [0, 0.05) is 12.2 Å². The summed E-state index contributed by atoms with van der Waals surface area (Å²) in [4.78, 5) is 9.69. The molecule has 1 rings (SSSR count). The van der Waals surface area contributed by atoms with E-state index >= 15 is 0 Å². The summed E-state index contributed by atoms with van der Waals surface area (Å²) >= 11 is 3.45. The minimum atomic E-state index is -1.45. The third-order valence-electron chi connectivity index (χ3n) is 2.13. The van der Waals surface area contributed by atoms with Crippen molar-refractivity contribution < 1.29 is 18.9 Å². The topological polar surface area (TPSA) is 47.9 Å². The van der Waals surface area contributed by atoms with Crippen molar-refractivity contribution in [1.29, 1.82) is 0 Å². The van der Waals surface area contributed by atoms with E-state index in [4.69, 9.17) is 14.0 Å². The molecule has 0 aliphatic heterocycles. The second-order valence-corrected chi connectivity index (χ2v) is 5.30. The van der Waals surface area contributed by atoms with Crippen LogP contribution in [-0.4, -0.2) is 25.7 Å². The quantitative estimate of drug-likeness (QED) is 0.816. The Balaban J connectivity index is 2.96. The molecular formula is C11H16BrO4P. The maximum atomic E-state index is 9.69. The van der Waals surface area contributed by atoms with E-state index < -0.39 is 8.38 Å². The van der Waals surface area contributed by atoms with Gasteiger partial charge in [0.05, 0.1) is 25.3 Å². The molecule has 0 spiro atoms. The highest BCUT2D eigenvalue weighted by atomic mass is 79.9. The predicted octanol–water partition coefficient (Wildman–Crippen LogP) is 3.31. The van der Waals surface area contributed by atoms with Crippen LogP contribution in [0.3, 0.4) is 0 Å². The van der Waals surface area contributed by atoms with Crippen LogP contribution in [0.25, 0.3) is 0 Å². The van der Waals surface area contributed by atoms with Crippen molar-refractivity contribution >= 4 is 24.3 Å². The lowest BCUT2D eigenvalue weighted by Gasteiger charge is -2.14. The average molecular weight is 323 g/mol. The lowest BCUT2D eigenvalue weighted by Crippen LogP contribution is -1.95. The summed E-state index contributed by atoms with van der Waals surface area (Å²) in [6.07, 6.45) is 0.442. The van der Waals surface area contributed by atoms with Gasteiger partial charge in [-0.3, -0.25) is 0 Å². The van der Waals surface area contributed by atoms with Gasteiger partial charge >= 0.3 is 0 Å². The highest BCUT2D eigenvalue weighted by molar-refractivity contribution is 9.10. The fourth-order valence-corrected chi connectivity index (χ4v) is 3.03. The molecule has 4 nitrogen and oxygen atoms in total. The molecule has 0 heterocycles. The van der Waals surface area contributed by atoms with Gasteiger partial charge in [0.25, 0.3) is 0 Å². The number of benzene rings is 1. The molecule has 0 radical (unpaired) electrons. The largest absolute Gasteiger partial charge is 0.497 e. The Morgan fingerprint density at radius 1 is 1.29 bits per heavy atom. The molecular weight excluding hydrogens is 307 g/mol. The van der Waals surface area contributed by atoms with E-state index in [1.54, 1.807) is 20.3 Å². The summed E-state index contributed by atoms with van der Waals surface area (Å²) in [7, 11) is 1.74. The third-order valence-corrected chi connectivity index (χ3v) is 4.19. The molecule has 0 bridgehead atoms. The SMILES string of the molecule is CCOP(O)Cc1cc(OC)cc(OC)c1Br. The summed E-state index contributed by atoms with van der Waals surface area (Å²) in [5.41, 5.74) is 0.906. The van der Waals surface area contributed by atoms with Gasteiger partial charge in [0.1, 0.15) is 11.5 Å². The standard InChI is InChI=1S/C11H16BrO4P/c1-4-16-17(13)7-8-5-9(14-2)6-10(15-3)11(8)12/h5-6,13H,4,7H2,1-3H3. The van der Waals surface area contributed by atoms with Crippen molar-refractivity contribution in [1.82, 2.24) is 0 Å². The Kier molecular flexibility index (Phi) is 6.20. The molecule has 0 saturated heterocycles. The fraction of sp³-hybridized carbons (Fsp3) is 0.455. The Morgan fingerprint density at radius 2 is 2.00 bits per heavy atom. The van der Waals surface area contributed by atoms with Crippen molar-refractivity contribution in [2.24, 2.45) is 0 Å². The third kappa shape index (κ3) is 4.11. The second kappa shape index (κ2) is 7.17.